The third-order valence-electron chi connectivity index (χ3n) is 5.04. The normalized spacial score (nSPS) is 18.1. The lowest BCUT2D eigenvalue weighted by molar-refractivity contribution is -0.929. The number of halogens is 6. The molecule has 9 nitrogen and oxygen atoms in total. The molecule has 0 unspecified atom stereocenters. The third kappa shape index (κ3) is 8.69. The summed E-state index contributed by atoms with van der Waals surface area (Å²) in [5.41, 5.74) is -12.4. The predicted octanol–water partition coefficient (Wildman–Crippen LogP) is 2.94. The summed E-state index contributed by atoms with van der Waals surface area (Å²) < 4.78 is 127. The van der Waals surface area contributed by atoms with E-state index in [1.807, 2.05) is 0 Å². The van der Waals surface area contributed by atoms with Gasteiger partial charge in [0.1, 0.15) is 0 Å². The molecule has 0 spiro atoms. The molecule has 32 heavy (non-hydrogen) atoms. The van der Waals surface area contributed by atoms with Crippen LogP contribution in [0.25, 0.3) is 4.13 Å². The molecule has 0 amide bonds. The van der Waals surface area contributed by atoms with Crippen molar-refractivity contribution < 1.29 is 60.9 Å². The van der Waals surface area contributed by atoms with Crippen molar-refractivity contribution in [2.24, 2.45) is 0 Å². The molecule has 0 aliphatic carbocycles. The summed E-state index contributed by atoms with van der Waals surface area (Å²) in [6.45, 7) is 7.23. The Hall–Kier alpha value is -0.503. The second-order valence-electron chi connectivity index (χ2n) is 6.85. The Kier molecular flexibility index (Phi) is 11.6. The molecule has 1 aliphatic heterocycles. The van der Waals surface area contributed by atoms with E-state index < -0.39 is 39.9 Å². The highest BCUT2D eigenvalue weighted by molar-refractivity contribution is 8.13. The van der Waals surface area contributed by atoms with E-state index >= 15 is 0 Å². The summed E-state index contributed by atoms with van der Waals surface area (Å²) in [6.07, 6.45) is 4.10. The van der Waals surface area contributed by atoms with Gasteiger partial charge in [0.2, 0.25) is 0 Å². The Balaban J connectivity index is 0.000000607. The first-order valence-electron chi connectivity index (χ1n) is 9.24. The van der Waals surface area contributed by atoms with Crippen LogP contribution in [0.5, 0.6) is 0 Å². The zero-order valence-electron chi connectivity index (χ0n) is 18.0. The molecule has 0 saturated carbocycles. The van der Waals surface area contributed by atoms with Crippen molar-refractivity contribution in [1.82, 2.24) is 0 Å². The molecular weight excluding hydrogens is 514 g/mol. The van der Waals surface area contributed by atoms with Gasteiger partial charge in [-0.15, -0.1) is 0 Å². The summed E-state index contributed by atoms with van der Waals surface area (Å²) in [4.78, 5) is 0. The minimum absolute atomic E-state index is 0.778. The van der Waals surface area contributed by atoms with Crippen LogP contribution in [0.3, 0.4) is 0 Å². The molecule has 1 fully saturated rings. The number of hydrogen-bond donors (Lipinski definition) is 0. The van der Waals surface area contributed by atoms with Gasteiger partial charge in [-0.3, -0.25) is 0 Å². The van der Waals surface area contributed by atoms with E-state index in [-0.39, 0.29) is 0 Å². The van der Waals surface area contributed by atoms with E-state index in [4.69, 9.17) is 13.3 Å². The van der Waals surface area contributed by atoms with Crippen LogP contribution in [0.15, 0.2) is 0 Å². The molecule has 0 aromatic carbocycles. The SMILES string of the molecule is CC[N+]1(CC[Si](OC)(OC)OC)CCCCC1.O=S(=O)([N-]S(=O)(=O)C(F)(F)F)C(F)(F)F. The van der Waals surface area contributed by atoms with Crippen LogP contribution in [-0.2, 0) is 33.3 Å². The highest BCUT2D eigenvalue weighted by Gasteiger charge is 2.47. The largest absolute Gasteiger partial charge is 0.505 e. The third-order valence-corrected chi connectivity index (χ3v) is 10.5. The maximum atomic E-state index is 11.4. The van der Waals surface area contributed by atoms with Crippen molar-refractivity contribution in [3.8, 4) is 0 Å². The highest BCUT2D eigenvalue weighted by Crippen LogP contribution is 2.36. The number of nitrogens with zero attached hydrogens (tertiary/aromatic N) is 2. The lowest BCUT2D eigenvalue weighted by atomic mass is 10.1. The van der Waals surface area contributed by atoms with E-state index in [0.29, 0.717) is 0 Å². The van der Waals surface area contributed by atoms with E-state index in [0.717, 1.165) is 16.7 Å². The van der Waals surface area contributed by atoms with Gasteiger partial charge in [0.05, 0.1) is 32.2 Å². The minimum atomic E-state index is -6.72. The number of alkyl halides is 6. The van der Waals surface area contributed by atoms with Crippen molar-refractivity contribution in [2.45, 2.75) is 43.2 Å². The van der Waals surface area contributed by atoms with Gasteiger partial charge in [-0.05, 0) is 26.2 Å². The molecule has 1 rings (SSSR count). The molecule has 194 valence electrons. The van der Waals surface area contributed by atoms with Crippen LogP contribution < -0.4 is 0 Å². The zero-order chi connectivity index (χ0) is 25.5. The quantitative estimate of drug-likeness (QED) is 0.250. The number of sulfonamides is 2. The number of rotatable bonds is 9. The minimum Gasteiger partial charge on any atom is -0.421 e. The van der Waals surface area contributed by atoms with E-state index in [1.54, 1.807) is 21.3 Å². The lowest BCUT2D eigenvalue weighted by Crippen LogP contribution is -2.55. The first-order valence-corrected chi connectivity index (χ1v) is 14.0. The van der Waals surface area contributed by atoms with Crippen molar-refractivity contribution in [3.05, 3.63) is 4.13 Å². The predicted molar refractivity (Wildman–Crippen MR) is 104 cm³/mol. The fourth-order valence-corrected chi connectivity index (χ4v) is 6.60. The van der Waals surface area contributed by atoms with Crippen LogP contribution in [0.4, 0.5) is 26.3 Å². The van der Waals surface area contributed by atoms with Crippen molar-refractivity contribution in [2.75, 3.05) is 47.5 Å². The number of hydrogen-bond acceptors (Lipinski definition) is 7. The summed E-state index contributed by atoms with van der Waals surface area (Å²) in [5.74, 6) is 0. The monoisotopic (exact) mass is 542 g/mol. The Morgan fingerprint density at radius 1 is 0.812 bits per heavy atom. The van der Waals surface area contributed by atoms with Gasteiger partial charge in [-0.25, -0.2) is 16.8 Å². The molecule has 0 atom stereocenters. The number of quaternary nitrogens is 1. The Bertz CT molecular complexity index is 730. The topological polar surface area (TPSA) is 110 Å². The number of piperidine rings is 1. The average molecular weight is 543 g/mol. The standard InChI is InChI=1S/C12H28NO3Si.C2F6NO4S2/c1-5-13(9-7-6-8-10-13)11-12-17(14-2,15-3)16-4;3-1(4,5)14(10,11)9-15(12,13)2(6,7)8/h5-12H2,1-4H3;/q+1;-1. The molecule has 0 bridgehead atoms. The van der Waals surface area contributed by atoms with Gasteiger partial charge in [0.25, 0.3) is 0 Å². The van der Waals surface area contributed by atoms with Crippen LogP contribution in [0.1, 0.15) is 26.2 Å². The van der Waals surface area contributed by atoms with Crippen LogP contribution in [-0.4, -0.2) is 88.6 Å². The Morgan fingerprint density at radius 3 is 1.47 bits per heavy atom. The molecule has 1 aliphatic rings. The van der Waals surface area contributed by atoms with E-state index in [9.17, 15) is 43.2 Å². The van der Waals surface area contributed by atoms with Gasteiger partial charge in [0.15, 0.2) is 20.0 Å². The average Bonchev–Trinajstić information content (AvgIpc) is 2.68. The maximum Gasteiger partial charge on any atom is 0.505 e. The fraction of sp³-hybridized carbons (Fsp3) is 1.00. The Morgan fingerprint density at radius 2 is 1.19 bits per heavy atom. The van der Waals surface area contributed by atoms with Crippen molar-refractivity contribution in [1.29, 1.82) is 0 Å². The van der Waals surface area contributed by atoms with Gasteiger partial charge in [-0.2, -0.15) is 26.3 Å². The van der Waals surface area contributed by atoms with Crippen molar-refractivity contribution >= 4 is 28.9 Å². The van der Waals surface area contributed by atoms with Crippen LogP contribution >= 0.6 is 0 Å². The van der Waals surface area contributed by atoms with Gasteiger partial charge in [-0.1, -0.05) is 0 Å². The fourth-order valence-electron chi connectivity index (χ4n) is 3.02. The molecule has 18 heteroatoms. The van der Waals surface area contributed by atoms with Crippen LogP contribution in [0, 0.1) is 0 Å². The summed E-state index contributed by atoms with van der Waals surface area (Å²) in [5, 5.41) is 0. The van der Waals surface area contributed by atoms with Gasteiger partial charge in [0, 0.05) is 21.3 Å². The van der Waals surface area contributed by atoms with Gasteiger partial charge >= 0.3 is 19.8 Å². The summed E-state index contributed by atoms with van der Waals surface area (Å²) >= 11 is 0. The molecule has 1 saturated heterocycles. The molecular formula is C14H28F6N2O7S2Si. The Labute approximate surface area is 185 Å². The van der Waals surface area contributed by atoms with Gasteiger partial charge < -0.3 is 21.9 Å². The van der Waals surface area contributed by atoms with E-state index in [1.165, 1.54) is 43.4 Å². The second-order valence-corrected chi connectivity index (χ2v) is 13.4. The first-order chi connectivity index (χ1) is 14.4. The summed E-state index contributed by atoms with van der Waals surface area (Å²) in [7, 11) is -10.7. The molecule has 0 N–H and O–H groups in total. The van der Waals surface area contributed by atoms with Crippen LogP contribution in [0.2, 0.25) is 6.04 Å². The zero-order valence-corrected chi connectivity index (χ0v) is 20.6. The molecule has 0 aromatic rings. The summed E-state index contributed by atoms with van der Waals surface area (Å²) in [6, 6.07) is 0.921. The number of likely N-dealkylation sites (tertiary alicyclic amines) is 1. The lowest BCUT2D eigenvalue weighted by Gasteiger charge is -2.42. The molecule has 1 heterocycles. The smallest absolute Gasteiger partial charge is 0.421 e. The van der Waals surface area contributed by atoms with Crippen molar-refractivity contribution in [3.63, 3.8) is 0 Å². The molecule has 0 aromatic heterocycles. The highest BCUT2D eigenvalue weighted by atomic mass is 32.3. The maximum absolute atomic E-state index is 11.4. The second kappa shape index (κ2) is 11.8. The van der Waals surface area contributed by atoms with E-state index in [2.05, 4.69) is 6.92 Å². The molecule has 0 radical (unpaired) electrons. The first kappa shape index (κ1) is 31.5.